The molecule has 0 aromatic carbocycles. The zero-order valence-corrected chi connectivity index (χ0v) is 9.52. The van der Waals surface area contributed by atoms with Gasteiger partial charge in [0.05, 0.1) is 12.1 Å². The Morgan fingerprint density at radius 3 is 2.94 bits per heavy atom. The molecular formula is C10H11N7. The second kappa shape index (κ2) is 4.57. The molecular weight excluding hydrogens is 218 g/mol. The third-order valence-corrected chi connectivity index (χ3v) is 2.26. The quantitative estimate of drug-likeness (QED) is 0.802. The van der Waals surface area contributed by atoms with Crippen LogP contribution in [0.1, 0.15) is 22.6 Å². The van der Waals surface area contributed by atoms with Crippen LogP contribution in [0.2, 0.25) is 0 Å². The van der Waals surface area contributed by atoms with Gasteiger partial charge in [0.25, 0.3) is 0 Å². The first-order valence-electron chi connectivity index (χ1n) is 5.05. The molecule has 2 aromatic rings. The molecule has 0 bridgehead atoms. The van der Waals surface area contributed by atoms with Crippen molar-refractivity contribution in [1.82, 2.24) is 25.6 Å². The minimum Gasteiger partial charge on any atom is -0.362 e. The fraction of sp³-hybridized carbons (Fsp3) is 0.300. The summed E-state index contributed by atoms with van der Waals surface area (Å²) in [6.07, 6.45) is 0. The second-order valence-electron chi connectivity index (χ2n) is 3.60. The van der Waals surface area contributed by atoms with Crippen LogP contribution in [0.5, 0.6) is 0 Å². The van der Waals surface area contributed by atoms with Gasteiger partial charge < -0.3 is 5.32 Å². The van der Waals surface area contributed by atoms with Gasteiger partial charge in [0, 0.05) is 5.69 Å². The van der Waals surface area contributed by atoms with E-state index in [0.717, 1.165) is 11.3 Å². The number of nitrogens with one attached hydrogen (secondary N) is 2. The Morgan fingerprint density at radius 1 is 1.47 bits per heavy atom. The third-order valence-electron chi connectivity index (χ3n) is 2.26. The number of H-pyrrole nitrogens is 1. The standard InChI is InChI=1S/C10H11N7/c1-6-3-7(2)13-10(8(6)4-11)12-5-9-14-16-17-15-9/h3H,5H2,1-2H3,(H,12,13)(H,14,15,16,17). The van der Waals surface area contributed by atoms with E-state index in [9.17, 15) is 0 Å². The van der Waals surface area contributed by atoms with Crippen LogP contribution in [0, 0.1) is 25.2 Å². The highest BCUT2D eigenvalue weighted by Crippen LogP contribution is 2.17. The summed E-state index contributed by atoms with van der Waals surface area (Å²) >= 11 is 0. The number of nitriles is 1. The van der Waals surface area contributed by atoms with Gasteiger partial charge in [0.2, 0.25) is 0 Å². The molecule has 7 heteroatoms. The van der Waals surface area contributed by atoms with E-state index in [-0.39, 0.29) is 0 Å². The Kier molecular flexibility index (Phi) is 2.96. The third kappa shape index (κ3) is 2.36. The molecule has 0 atom stereocenters. The highest BCUT2D eigenvalue weighted by atomic mass is 15.5. The first kappa shape index (κ1) is 11.0. The predicted octanol–water partition coefficient (Wildman–Crippen LogP) is 0.695. The van der Waals surface area contributed by atoms with Gasteiger partial charge in [-0.05, 0) is 25.5 Å². The average Bonchev–Trinajstić information content (AvgIpc) is 2.78. The van der Waals surface area contributed by atoms with Gasteiger partial charge in [-0.15, -0.1) is 10.2 Å². The van der Waals surface area contributed by atoms with Crippen molar-refractivity contribution in [3.8, 4) is 6.07 Å². The van der Waals surface area contributed by atoms with Crippen LogP contribution < -0.4 is 5.32 Å². The summed E-state index contributed by atoms with van der Waals surface area (Å²) in [5.41, 5.74) is 2.30. The molecule has 0 amide bonds. The number of hydrogen-bond acceptors (Lipinski definition) is 6. The summed E-state index contributed by atoms with van der Waals surface area (Å²) in [7, 11) is 0. The lowest BCUT2D eigenvalue weighted by atomic mass is 10.1. The molecule has 0 spiro atoms. The van der Waals surface area contributed by atoms with Gasteiger partial charge in [0.15, 0.2) is 5.82 Å². The van der Waals surface area contributed by atoms with E-state index < -0.39 is 0 Å². The number of aryl methyl sites for hydroxylation is 2. The Hall–Kier alpha value is -2.49. The van der Waals surface area contributed by atoms with E-state index in [0.29, 0.717) is 23.8 Å². The van der Waals surface area contributed by atoms with Crippen molar-refractivity contribution in [2.24, 2.45) is 0 Å². The number of aromatic nitrogens is 5. The van der Waals surface area contributed by atoms with Gasteiger partial charge in [-0.1, -0.05) is 5.21 Å². The predicted molar refractivity (Wildman–Crippen MR) is 59.9 cm³/mol. The van der Waals surface area contributed by atoms with Gasteiger partial charge in [-0.3, -0.25) is 0 Å². The zero-order valence-electron chi connectivity index (χ0n) is 9.52. The monoisotopic (exact) mass is 229 g/mol. The normalized spacial score (nSPS) is 9.94. The van der Waals surface area contributed by atoms with Crippen LogP contribution in [0.25, 0.3) is 0 Å². The molecule has 0 aliphatic carbocycles. The summed E-state index contributed by atoms with van der Waals surface area (Å²) in [5.74, 6) is 1.07. The van der Waals surface area contributed by atoms with E-state index in [2.05, 4.69) is 37.0 Å². The molecule has 0 radical (unpaired) electrons. The average molecular weight is 229 g/mol. The summed E-state index contributed by atoms with van der Waals surface area (Å²) in [4.78, 5) is 4.28. The molecule has 0 aliphatic rings. The van der Waals surface area contributed by atoms with Crippen molar-refractivity contribution < 1.29 is 0 Å². The van der Waals surface area contributed by atoms with Gasteiger partial charge in [0.1, 0.15) is 11.9 Å². The molecule has 0 saturated heterocycles. The van der Waals surface area contributed by atoms with Gasteiger partial charge in [-0.2, -0.15) is 10.5 Å². The molecule has 0 unspecified atom stereocenters. The largest absolute Gasteiger partial charge is 0.362 e. The molecule has 0 saturated carbocycles. The zero-order chi connectivity index (χ0) is 12.3. The van der Waals surface area contributed by atoms with E-state index >= 15 is 0 Å². The molecule has 2 heterocycles. The van der Waals surface area contributed by atoms with Crippen LogP contribution in [-0.2, 0) is 6.54 Å². The van der Waals surface area contributed by atoms with Crippen LogP contribution in [0.3, 0.4) is 0 Å². The lowest BCUT2D eigenvalue weighted by Crippen LogP contribution is -2.07. The van der Waals surface area contributed by atoms with E-state index in [4.69, 9.17) is 5.26 Å². The molecule has 0 aliphatic heterocycles. The van der Waals surface area contributed by atoms with Crippen molar-refractivity contribution in [2.75, 3.05) is 5.32 Å². The summed E-state index contributed by atoms with van der Waals surface area (Å²) in [6, 6.07) is 4.01. The van der Waals surface area contributed by atoms with E-state index in [1.165, 1.54) is 0 Å². The Bertz CT molecular complexity index is 553. The molecule has 86 valence electrons. The smallest absolute Gasteiger partial charge is 0.193 e. The first-order chi connectivity index (χ1) is 8.20. The van der Waals surface area contributed by atoms with Gasteiger partial charge in [-0.25, -0.2) is 4.98 Å². The lowest BCUT2D eigenvalue weighted by molar-refractivity contribution is 0.881. The van der Waals surface area contributed by atoms with Crippen molar-refractivity contribution in [3.63, 3.8) is 0 Å². The summed E-state index contributed by atoms with van der Waals surface area (Å²) in [6.45, 7) is 4.14. The Morgan fingerprint density at radius 2 is 2.29 bits per heavy atom. The lowest BCUT2D eigenvalue weighted by Gasteiger charge is -2.08. The SMILES string of the molecule is Cc1cc(C)c(C#N)c(NCc2nn[nH]n2)n1. The minimum absolute atomic E-state index is 0.376. The van der Waals surface area contributed by atoms with Crippen molar-refractivity contribution >= 4 is 5.82 Å². The maximum atomic E-state index is 9.07. The number of hydrogen-bond donors (Lipinski definition) is 2. The summed E-state index contributed by atoms with van der Waals surface area (Å²) < 4.78 is 0. The van der Waals surface area contributed by atoms with E-state index in [1.54, 1.807) is 0 Å². The number of anilines is 1. The van der Waals surface area contributed by atoms with Crippen LogP contribution in [0.4, 0.5) is 5.82 Å². The molecule has 17 heavy (non-hydrogen) atoms. The second-order valence-corrected chi connectivity index (χ2v) is 3.60. The number of pyridine rings is 1. The van der Waals surface area contributed by atoms with Gasteiger partial charge >= 0.3 is 0 Å². The number of tetrazole rings is 1. The molecule has 2 aromatic heterocycles. The highest BCUT2D eigenvalue weighted by molar-refractivity contribution is 5.56. The fourth-order valence-corrected chi connectivity index (χ4v) is 1.53. The molecule has 7 nitrogen and oxygen atoms in total. The maximum absolute atomic E-state index is 9.07. The molecule has 2 N–H and O–H groups in total. The van der Waals surface area contributed by atoms with Crippen molar-refractivity contribution in [2.45, 2.75) is 20.4 Å². The molecule has 0 fully saturated rings. The Balaban J connectivity index is 2.23. The fourth-order valence-electron chi connectivity index (χ4n) is 1.53. The maximum Gasteiger partial charge on any atom is 0.193 e. The number of rotatable bonds is 3. The number of nitrogens with zero attached hydrogens (tertiary/aromatic N) is 5. The molecule has 2 rings (SSSR count). The summed E-state index contributed by atoms with van der Waals surface area (Å²) in [5, 5.41) is 25.5. The number of aromatic amines is 1. The Labute approximate surface area is 97.9 Å². The van der Waals surface area contributed by atoms with Crippen LogP contribution in [0.15, 0.2) is 6.07 Å². The van der Waals surface area contributed by atoms with Crippen LogP contribution >= 0.6 is 0 Å². The van der Waals surface area contributed by atoms with Crippen molar-refractivity contribution in [3.05, 3.63) is 28.7 Å². The van der Waals surface area contributed by atoms with Crippen molar-refractivity contribution in [1.29, 1.82) is 5.26 Å². The topological polar surface area (TPSA) is 103 Å². The first-order valence-corrected chi connectivity index (χ1v) is 5.05. The van der Waals surface area contributed by atoms with E-state index in [1.807, 2.05) is 19.9 Å². The minimum atomic E-state index is 0.376. The highest BCUT2D eigenvalue weighted by Gasteiger charge is 2.08. The van der Waals surface area contributed by atoms with Crippen LogP contribution in [-0.4, -0.2) is 25.6 Å².